The molecule has 0 aromatic heterocycles. The van der Waals surface area contributed by atoms with Crippen molar-refractivity contribution in [3.05, 3.63) is 0 Å². The van der Waals surface area contributed by atoms with Gasteiger partial charge in [0.25, 0.3) is 10.1 Å². The fourth-order valence-corrected chi connectivity index (χ4v) is 4.98. The van der Waals surface area contributed by atoms with Crippen molar-refractivity contribution in [1.29, 1.82) is 0 Å². The van der Waals surface area contributed by atoms with Crippen molar-refractivity contribution in [1.82, 2.24) is 0 Å². The fraction of sp³-hybridized carbons (Fsp3) is 1.00. The summed E-state index contributed by atoms with van der Waals surface area (Å²) in [6.45, 7) is 3.95. The second-order valence-electron chi connectivity index (χ2n) is 8.87. The number of aliphatic hydroxyl groups is 1. The highest BCUT2D eigenvalue weighted by Gasteiger charge is 2.19. The van der Waals surface area contributed by atoms with Crippen LogP contribution < -0.4 is 0 Å². The van der Waals surface area contributed by atoms with Gasteiger partial charge in [0.1, 0.15) is 0 Å². The van der Waals surface area contributed by atoms with Crippen molar-refractivity contribution in [3.63, 3.8) is 0 Å². The van der Waals surface area contributed by atoms with E-state index in [0.29, 0.717) is 12.8 Å². The molecular weight excluding hydrogens is 384 g/mol. The lowest BCUT2D eigenvalue weighted by molar-refractivity contribution is 0.150. The molecule has 0 aliphatic rings. The lowest BCUT2D eigenvalue weighted by Crippen LogP contribution is -2.19. The molecule has 2 N–H and O–H groups in total. The molecule has 0 fully saturated rings. The van der Waals surface area contributed by atoms with E-state index in [-0.39, 0.29) is 6.10 Å². The summed E-state index contributed by atoms with van der Waals surface area (Å²) in [6.07, 6.45) is 23.0. The smallest absolute Gasteiger partial charge is 0.267 e. The lowest BCUT2D eigenvalue weighted by Gasteiger charge is -2.10. The van der Waals surface area contributed by atoms with Gasteiger partial charge in [-0.25, -0.2) is 0 Å². The van der Waals surface area contributed by atoms with Gasteiger partial charge in [-0.05, 0) is 25.7 Å². The average molecular weight is 435 g/mol. The molecule has 0 spiro atoms. The third-order valence-electron chi connectivity index (χ3n) is 6.06. The highest BCUT2D eigenvalue weighted by atomic mass is 32.2. The van der Waals surface area contributed by atoms with Gasteiger partial charge >= 0.3 is 0 Å². The molecule has 0 aliphatic heterocycles. The van der Waals surface area contributed by atoms with Crippen LogP contribution in [0.15, 0.2) is 0 Å². The van der Waals surface area contributed by atoms with Gasteiger partial charge in [0.05, 0.1) is 11.4 Å². The third-order valence-corrected chi connectivity index (χ3v) is 7.47. The van der Waals surface area contributed by atoms with Gasteiger partial charge < -0.3 is 5.11 Å². The molecule has 0 heterocycles. The van der Waals surface area contributed by atoms with Crippen LogP contribution in [-0.4, -0.2) is 29.4 Å². The molecule has 2 unspecified atom stereocenters. The van der Waals surface area contributed by atoms with Gasteiger partial charge in [-0.2, -0.15) is 8.42 Å². The van der Waals surface area contributed by atoms with Gasteiger partial charge in [-0.3, -0.25) is 4.55 Å². The van der Waals surface area contributed by atoms with E-state index < -0.39 is 15.4 Å². The minimum atomic E-state index is -3.85. The van der Waals surface area contributed by atoms with Crippen molar-refractivity contribution in [2.24, 2.45) is 0 Å². The van der Waals surface area contributed by atoms with E-state index in [1.54, 1.807) is 0 Å². The van der Waals surface area contributed by atoms with E-state index >= 15 is 0 Å². The molecule has 5 heteroatoms. The lowest BCUT2D eigenvalue weighted by atomic mass is 10.0. The zero-order chi connectivity index (χ0) is 21.8. The van der Waals surface area contributed by atoms with Crippen LogP contribution in [0.1, 0.15) is 142 Å². The number of hydrogen-bond acceptors (Lipinski definition) is 3. The Kier molecular flexibility index (Phi) is 19.7. The average Bonchev–Trinajstić information content (AvgIpc) is 2.66. The normalized spacial score (nSPS) is 14.2. The van der Waals surface area contributed by atoms with E-state index in [1.807, 2.05) is 6.92 Å². The molecule has 0 saturated heterocycles. The minimum Gasteiger partial charge on any atom is -0.393 e. The SMILES string of the molecule is CCCC(O)CCCCCCCCCCCCCCCCCC(CC)S(=O)(=O)O. The molecule has 0 amide bonds. The van der Waals surface area contributed by atoms with Crippen LogP contribution in [0.3, 0.4) is 0 Å². The summed E-state index contributed by atoms with van der Waals surface area (Å²) in [7, 11) is -3.85. The zero-order valence-electron chi connectivity index (χ0n) is 19.4. The second-order valence-corrected chi connectivity index (χ2v) is 10.6. The predicted molar refractivity (Wildman–Crippen MR) is 125 cm³/mol. The van der Waals surface area contributed by atoms with Crippen LogP contribution in [-0.2, 0) is 10.1 Å². The topological polar surface area (TPSA) is 74.6 Å². The Morgan fingerprint density at radius 2 is 0.931 bits per heavy atom. The summed E-state index contributed by atoms with van der Waals surface area (Å²) < 4.78 is 31.4. The monoisotopic (exact) mass is 434 g/mol. The molecule has 4 nitrogen and oxygen atoms in total. The molecule has 2 atom stereocenters. The number of rotatable bonds is 22. The first-order valence-corrected chi connectivity index (χ1v) is 14.1. The molecule has 0 aromatic carbocycles. The van der Waals surface area contributed by atoms with Crippen molar-refractivity contribution < 1.29 is 18.1 Å². The van der Waals surface area contributed by atoms with Crippen molar-refractivity contribution in [2.75, 3.05) is 0 Å². The fourth-order valence-electron chi connectivity index (χ4n) is 4.09. The van der Waals surface area contributed by atoms with Gasteiger partial charge in [-0.1, -0.05) is 117 Å². The van der Waals surface area contributed by atoms with Gasteiger partial charge in [-0.15, -0.1) is 0 Å². The summed E-state index contributed by atoms with van der Waals surface area (Å²) >= 11 is 0. The van der Waals surface area contributed by atoms with Crippen LogP contribution in [0.2, 0.25) is 0 Å². The van der Waals surface area contributed by atoms with Crippen LogP contribution in [0.25, 0.3) is 0 Å². The van der Waals surface area contributed by atoms with Crippen molar-refractivity contribution in [2.45, 2.75) is 154 Å². The predicted octanol–water partition coefficient (Wildman–Crippen LogP) is 7.45. The summed E-state index contributed by atoms with van der Waals surface area (Å²) in [5, 5.41) is 9.12. The molecule has 0 aromatic rings. The van der Waals surface area contributed by atoms with E-state index in [0.717, 1.165) is 32.1 Å². The zero-order valence-corrected chi connectivity index (χ0v) is 20.2. The Labute approximate surface area is 182 Å². The largest absolute Gasteiger partial charge is 0.393 e. The maximum absolute atomic E-state index is 11.1. The summed E-state index contributed by atoms with van der Waals surface area (Å²) in [4.78, 5) is 0. The first kappa shape index (κ1) is 28.9. The summed E-state index contributed by atoms with van der Waals surface area (Å²) in [5.41, 5.74) is 0. The molecule has 0 bridgehead atoms. The second kappa shape index (κ2) is 19.8. The van der Waals surface area contributed by atoms with Crippen molar-refractivity contribution >= 4 is 10.1 Å². The maximum Gasteiger partial charge on any atom is 0.267 e. The summed E-state index contributed by atoms with van der Waals surface area (Å²) in [6, 6.07) is 0. The molecule has 0 rings (SSSR count). The molecule has 0 aliphatic carbocycles. The number of unbranched alkanes of at least 4 members (excludes halogenated alkanes) is 14. The Bertz CT molecular complexity index is 436. The molecule has 29 heavy (non-hydrogen) atoms. The highest BCUT2D eigenvalue weighted by Crippen LogP contribution is 2.17. The Morgan fingerprint density at radius 3 is 1.24 bits per heavy atom. The van der Waals surface area contributed by atoms with E-state index in [1.165, 1.54) is 83.5 Å². The van der Waals surface area contributed by atoms with E-state index in [4.69, 9.17) is 4.55 Å². The quantitative estimate of drug-likeness (QED) is 0.137. The molecule has 0 saturated carbocycles. The highest BCUT2D eigenvalue weighted by molar-refractivity contribution is 7.86. The van der Waals surface area contributed by atoms with Gasteiger partial charge in [0.2, 0.25) is 0 Å². The third kappa shape index (κ3) is 19.6. The standard InChI is InChI=1S/C24H50O4S/c1-3-20-23(25)21-18-16-14-12-10-8-6-5-7-9-11-13-15-17-19-22-24(4-2)29(26,27)28/h23-25H,3-22H2,1-2H3,(H,26,27,28). The minimum absolute atomic E-state index is 0.0708. The number of hydrogen-bond donors (Lipinski definition) is 2. The van der Waals surface area contributed by atoms with E-state index in [2.05, 4.69) is 6.92 Å². The maximum atomic E-state index is 11.1. The van der Waals surface area contributed by atoms with E-state index in [9.17, 15) is 13.5 Å². The molecular formula is C24H50O4S. The Hall–Kier alpha value is -0.130. The first-order valence-electron chi connectivity index (χ1n) is 12.6. The summed E-state index contributed by atoms with van der Waals surface area (Å²) in [5.74, 6) is 0. The van der Waals surface area contributed by atoms with Crippen LogP contribution in [0.5, 0.6) is 0 Å². The van der Waals surface area contributed by atoms with Crippen LogP contribution >= 0.6 is 0 Å². The van der Waals surface area contributed by atoms with Gasteiger partial charge in [0, 0.05) is 0 Å². The van der Waals surface area contributed by atoms with Crippen LogP contribution in [0, 0.1) is 0 Å². The van der Waals surface area contributed by atoms with Crippen molar-refractivity contribution in [3.8, 4) is 0 Å². The molecule has 0 radical (unpaired) electrons. The first-order chi connectivity index (χ1) is 13.9. The Balaban J connectivity index is 3.23. The van der Waals surface area contributed by atoms with Crippen LogP contribution in [0.4, 0.5) is 0 Å². The van der Waals surface area contributed by atoms with Gasteiger partial charge in [0.15, 0.2) is 0 Å². The Morgan fingerprint density at radius 1 is 0.586 bits per heavy atom. The number of aliphatic hydroxyl groups excluding tert-OH is 1. The molecule has 176 valence electrons.